The van der Waals surface area contributed by atoms with E-state index in [0.29, 0.717) is 30.2 Å². The number of carbonyl (C=O) groups excluding carboxylic acids is 1. The molecule has 6 heteroatoms. The predicted molar refractivity (Wildman–Crippen MR) is 102 cm³/mol. The standard InChI is InChI=1S/C21H21N3O3/c1-13-14(2)23-18-10-15(8-9-17(18)22-13)21(25)24-11-16(12-24)27-20-7-5-4-6-19(20)26-3/h4-10,16H,11-12H2,1-3H3. The van der Waals surface area contributed by atoms with Crippen molar-refractivity contribution in [3.05, 3.63) is 59.4 Å². The zero-order valence-corrected chi connectivity index (χ0v) is 15.6. The smallest absolute Gasteiger partial charge is 0.254 e. The summed E-state index contributed by atoms with van der Waals surface area (Å²) in [5.74, 6) is 1.38. The number of para-hydroxylation sites is 2. The second kappa shape index (κ2) is 6.87. The van der Waals surface area contributed by atoms with Gasteiger partial charge in [-0.15, -0.1) is 0 Å². The minimum Gasteiger partial charge on any atom is -0.493 e. The van der Waals surface area contributed by atoms with Crippen molar-refractivity contribution in [2.24, 2.45) is 0 Å². The van der Waals surface area contributed by atoms with Crippen LogP contribution in [0.4, 0.5) is 0 Å². The van der Waals surface area contributed by atoms with E-state index < -0.39 is 0 Å². The molecule has 1 aliphatic rings. The molecule has 6 nitrogen and oxygen atoms in total. The van der Waals surface area contributed by atoms with E-state index in [4.69, 9.17) is 9.47 Å². The molecular formula is C21H21N3O3. The topological polar surface area (TPSA) is 64.6 Å². The summed E-state index contributed by atoms with van der Waals surface area (Å²) in [6.07, 6.45) is -0.0320. The van der Waals surface area contributed by atoms with E-state index in [0.717, 1.165) is 22.4 Å². The summed E-state index contributed by atoms with van der Waals surface area (Å²) < 4.78 is 11.2. The minimum absolute atomic E-state index is 0.0168. The Balaban J connectivity index is 1.44. The molecule has 1 fully saturated rings. The lowest BCUT2D eigenvalue weighted by Crippen LogP contribution is -2.56. The summed E-state index contributed by atoms with van der Waals surface area (Å²) >= 11 is 0. The van der Waals surface area contributed by atoms with Gasteiger partial charge in [0.05, 0.1) is 42.6 Å². The van der Waals surface area contributed by atoms with E-state index in [-0.39, 0.29) is 12.0 Å². The van der Waals surface area contributed by atoms with Crippen LogP contribution in [0.1, 0.15) is 21.7 Å². The van der Waals surface area contributed by atoms with E-state index in [2.05, 4.69) is 9.97 Å². The van der Waals surface area contributed by atoms with Crippen LogP contribution in [0.15, 0.2) is 42.5 Å². The van der Waals surface area contributed by atoms with Gasteiger partial charge in [0.15, 0.2) is 11.5 Å². The number of aromatic nitrogens is 2. The summed E-state index contributed by atoms with van der Waals surface area (Å²) in [7, 11) is 1.62. The molecule has 4 rings (SSSR count). The van der Waals surface area contributed by atoms with Crippen molar-refractivity contribution in [2.75, 3.05) is 20.2 Å². The first-order chi connectivity index (χ1) is 13.0. The Labute approximate surface area is 157 Å². The molecule has 0 spiro atoms. The van der Waals surface area contributed by atoms with Gasteiger partial charge in [0.2, 0.25) is 0 Å². The number of hydrogen-bond acceptors (Lipinski definition) is 5. The van der Waals surface area contributed by atoms with Crippen LogP contribution in [-0.2, 0) is 0 Å². The Bertz CT molecular complexity index is 1010. The second-order valence-electron chi connectivity index (χ2n) is 6.70. The van der Waals surface area contributed by atoms with Crippen molar-refractivity contribution >= 4 is 16.9 Å². The molecule has 0 N–H and O–H groups in total. The molecule has 3 aromatic rings. The zero-order valence-electron chi connectivity index (χ0n) is 15.6. The number of aryl methyl sites for hydroxylation is 2. The predicted octanol–water partition coefficient (Wildman–Crippen LogP) is 3.16. The van der Waals surface area contributed by atoms with Gasteiger partial charge in [-0.25, -0.2) is 9.97 Å². The number of benzene rings is 2. The van der Waals surface area contributed by atoms with Gasteiger partial charge in [0.1, 0.15) is 6.10 Å². The number of nitrogens with zero attached hydrogens (tertiary/aromatic N) is 3. The molecule has 0 saturated carbocycles. The minimum atomic E-state index is -0.0320. The van der Waals surface area contributed by atoms with Crippen molar-refractivity contribution in [3.63, 3.8) is 0 Å². The van der Waals surface area contributed by atoms with Crippen molar-refractivity contribution in [1.82, 2.24) is 14.9 Å². The largest absolute Gasteiger partial charge is 0.493 e. The number of likely N-dealkylation sites (tertiary alicyclic amines) is 1. The molecule has 0 bridgehead atoms. The molecule has 2 aromatic carbocycles. The molecule has 0 atom stereocenters. The van der Waals surface area contributed by atoms with Crippen LogP contribution in [0.25, 0.3) is 11.0 Å². The maximum absolute atomic E-state index is 12.7. The Hall–Kier alpha value is -3.15. The Morgan fingerprint density at radius 3 is 2.37 bits per heavy atom. The average Bonchev–Trinajstić information content (AvgIpc) is 2.64. The van der Waals surface area contributed by atoms with Crippen LogP contribution in [0.2, 0.25) is 0 Å². The van der Waals surface area contributed by atoms with Crippen LogP contribution in [0.3, 0.4) is 0 Å². The highest BCUT2D eigenvalue weighted by molar-refractivity contribution is 5.97. The quantitative estimate of drug-likeness (QED) is 0.712. The van der Waals surface area contributed by atoms with Gasteiger partial charge in [-0.1, -0.05) is 12.1 Å². The van der Waals surface area contributed by atoms with E-state index >= 15 is 0 Å². The molecule has 1 aromatic heterocycles. The lowest BCUT2D eigenvalue weighted by molar-refractivity contribution is 0.0169. The van der Waals surface area contributed by atoms with E-state index in [1.807, 2.05) is 56.3 Å². The fraction of sp³-hybridized carbons (Fsp3) is 0.286. The number of rotatable bonds is 4. The van der Waals surface area contributed by atoms with Gasteiger partial charge in [-0.3, -0.25) is 4.79 Å². The SMILES string of the molecule is COc1ccccc1OC1CN(C(=O)c2ccc3nc(C)c(C)nc3c2)C1. The van der Waals surface area contributed by atoms with Crippen LogP contribution >= 0.6 is 0 Å². The summed E-state index contributed by atoms with van der Waals surface area (Å²) in [5, 5.41) is 0. The molecule has 0 aliphatic carbocycles. The highest BCUT2D eigenvalue weighted by Gasteiger charge is 2.33. The highest BCUT2D eigenvalue weighted by Crippen LogP contribution is 2.29. The fourth-order valence-corrected chi connectivity index (χ4v) is 3.12. The van der Waals surface area contributed by atoms with Gasteiger partial charge in [0, 0.05) is 5.56 Å². The lowest BCUT2D eigenvalue weighted by atomic mass is 10.1. The van der Waals surface area contributed by atoms with Crippen molar-refractivity contribution in [2.45, 2.75) is 20.0 Å². The van der Waals surface area contributed by atoms with Gasteiger partial charge in [0.25, 0.3) is 5.91 Å². The van der Waals surface area contributed by atoms with E-state index in [9.17, 15) is 4.79 Å². The monoisotopic (exact) mass is 363 g/mol. The third-order valence-corrected chi connectivity index (χ3v) is 4.82. The van der Waals surface area contributed by atoms with Crippen molar-refractivity contribution < 1.29 is 14.3 Å². The number of fused-ring (bicyclic) bond motifs is 1. The number of amides is 1. The molecule has 138 valence electrons. The molecular weight excluding hydrogens is 342 g/mol. The molecule has 27 heavy (non-hydrogen) atoms. The van der Waals surface area contributed by atoms with Gasteiger partial charge in [-0.05, 0) is 44.2 Å². The number of ether oxygens (including phenoxy) is 2. The maximum atomic E-state index is 12.7. The average molecular weight is 363 g/mol. The van der Waals surface area contributed by atoms with Crippen molar-refractivity contribution in [1.29, 1.82) is 0 Å². The molecule has 0 unspecified atom stereocenters. The maximum Gasteiger partial charge on any atom is 0.254 e. The molecule has 1 saturated heterocycles. The van der Waals surface area contributed by atoms with Gasteiger partial charge < -0.3 is 14.4 Å². The Kier molecular flexibility index (Phi) is 4.39. The number of methoxy groups -OCH3 is 1. The van der Waals surface area contributed by atoms with Crippen LogP contribution in [0.5, 0.6) is 11.5 Å². The molecule has 0 radical (unpaired) electrons. The van der Waals surface area contributed by atoms with Crippen LogP contribution < -0.4 is 9.47 Å². The second-order valence-corrected chi connectivity index (χ2v) is 6.70. The Morgan fingerprint density at radius 2 is 1.67 bits per heavy atom. The molecule has 2 heterocycles. The van der Waals surface area contributed by atoms with Crippen LogP contribution in [0, 0.1) is 13.8 Å². The summed E-state index contributed by atoms with van der Waals surface area (Å²) in [6.45, 7) is 4.95. The number of hydrogen-bond donors (Lipinski definition) is 0. The van der Waals surface area contributed by atoms with Crippen LogP contribution in [-0.4, -0.2) is 47.1 Å². The fourth-order valence-electron chi connectivity index (χ4n) is 3.12. The third-order valence-electron chi connectivity index (χ3n) is 4.82. The summed E-state index contributed by atoms with van der Waals surface area (Å²) in [6, 6.07) is 13.0. The third kappa shape index (κ3) is 3.30. The van der Waals surface area contributed by atoms with Crippen molar-refractivity contribution in [3.8, 4) is 11.5 Å². The zero-order chi connectivity index (χ0) is 19.0. The van der Waals surface area contributed by atoms with E-state index in [1.165, 1.54) is 0 Å². The van der Waals surface area contributed by atoms with Gasteiger partial charge in [-0.2, -0.15) is 0 Å². The lowest BCUT2D eigenvalue weighted by Gasteiger charge is -2.39. The Morgan fingerprint density at radius 1 is 1.00 bits per heavy atom. The van der Waals surface area contributed by atoms with E-state index in [1.54, 1.807) is 12.0 Å². The summed E-state index contributed by atoms with van der Waals surface area (Å²) in [5.41, 5.74) is 3.94. The first kappa shape index (κ1) is 17.3. The normalized spacial score (nSPS) is 14.1. The first-order valence-electron chi connectivity index (χ1n) is 8.89. The molecule has 1 amide bonds. The first-order valence-corrected chi connectivity index (χ1v) is 8.89. The summed E-state index contributed by atoms with van der Waals surface area (Å²) in [4.78, 5) is 23.6. The highest BCUT2D eigenvalue weighted by atomic mass is 16.5. The van der Waals surface area contributed by atoms with Gasteiger partial charge >= 0.3 is 0 Å². The number of carbonyl (C=O) groups is 1. The molecule has 1 aliphatic heterocycles.